The first kappa shape index (κ1) is 14.4. The molecular weight excluding hydrogens is 230 g/mol. The van der Waals surface area contributed by atoms with E-state index in [1.807, 2.05) is 27.7 Å². The van der Waals surface area contributed by atoms with Crippen LogP contribution in [0.3, 0.4) is 0 Å². The predicted octanol–water partition coefficient (Wildman–Crippen LogP) is 2.51. The molecule has 0 aliphatic heterocycles. The number of hydrogen-bond acceptors (Lipinski definition) is 4. The zero-order chi connectivity index (χ0) is 13.7. The van der Waals surface area contributed by atoms with Crippen molar-refractivity contribution in [2.45, 2.75) is 53.0 Å². The topological polar surface area (TPSA) is 75.1 Å². The Bertz CT molecular complexity index is 432. The van der Waals surface area contributed by atoms with E-state index in [1.54, 1.807) is 0 Å². The Balaban J connectivity index is 3.30. The number of hydrogen-bond donors (Lipinski definition) is 2. The van der Waals surface area contributed by atoms with Gasteiger partial charge in [0.2, 0.25) is 0 Å². The molecule has 1 aromatic rings. The maximum atomic E-state index is 11.4. The number of carboxylic acid groups (broad SMARTS) is 1. The zero-order valence-corrected chi connectivity index (χ0v) is 11.4. The summed E-state index contributed by atoms with van der Waals surface area (Å²) in [6.07, 6.45) is 2.24. The maximum absolute atomic E-state index is 11.4. The lowest BCUT2D eigenvalue weighted by molar-refractivity contribution is 0.0696. The summed E-state index contributed by atoms with van der Waals surface area (Å²) in [6.45, 7) is 7.92. The van der Waals surface area contributed by atoms with Gasteiger partial charge in [-0.15, -0.1) is 5.10 Å². The Labute approximate surface area is 108 Å². The molecule has 0 aliphatic rings. The summed E-state index contributed by atoms with van der Waals surface area (Å²) in [5.41, 5.74) is 1.82. The van der Waals surface area contributed by atoms with E-state index in [0.717, 1.165) is 17.7 Å². The summed E-state index contributed by atoms with van der Waals surface area (Å²) >= 11 is 0. The van der Waals surface area contributed by atoms with Gasteiger partial charge in [-0.2, -0.15) is 5.10 Å². The van der Waals surface area contributed by atoms with Gasteiger partial charge in [-0.05, 0) is 31.7 Å². The van der Waals surface area contributed by atoms with E-state index in [1.165, 1.54) is 0 Å². The van der Waals surface area contributed by atoms with E-state index < -0.39 is 5.97 Å². The molecule has 100 valence electrons. The van der Waals surface area contributed by atoms with E-state index in [-0.39, 0.29) is 11.6 Å². The molecule has 1 unspecified atom stereocenters. The monoisotopic (exact) mass is 251 g/mol. The fraction of sp³-hybridized carbons (Fsp3) is 0.615. The number of aromatic nitrogens is 2. The first-order valence-electron chi connectivity index (χ1n) is 6.43. The third-order valence-corrected chi connectivity index (χ3v) is 3.06. The normalized spacial score (nSPS) is 12.2. The molecule has 5 nitrogen and oxygen atoms in total. The van der Waals surface area contributed by atoms with Crippen LogP contribution in [-0.4, -0.2) is 27.3 Å². The minimum absolute atomic E-state index is 0.176. The fourth-order valence-electron chi connectivity index (χ4n) is 1.84. The largest absolute Gasteiger partial charge is 0.478 e. The summed E-state index contributed by atoms with van der Waals surface area (Å²) in [6, 6.07) is 0.176. The van der Waals surface area contributed by atoms with Crippen molar-refractivity contribution in [1.29, 1.82) is 0 Å². The number of anilines is 1. The van der Waals surface area contributed by atoms with Crippen molar-refractivity contribution in [3.8, 4) is 0 Å². The fourth-order valence-corrected chi connectivity index (χ4v) is 1.84. The molecule has 0 saturated carbocycles. The van der Waals surface area contributed by atoms with Crippen molar-refractivity contribution in [1.82, 2.24) is 10.2 Å². The number of carbonyl (C=O) groups is 1. The summed E-state index contributed by atoms with van der Waals surface area (Å²) in [4.78, 5) is 11.4. The number of aryl methyl sites for hydroxylation is 1. The van der Waals surface area contributed by atoms with Crippen molar-refractivity contribution in [3.63, 3.8) is 0 Å². The Kier molecular flexibility index (Phi) is 5.07. The molecule has 0 amide bonds. The second-order valence-electron chi connectivity index (χ2n) is 4.31. The Morgan fingerprint density at radius 1 is 1.28 bits per heavy atom. The lowest BCUT2D eigenvalue weighted by Crippen LogP contribution is -2.20. The van der Waals surface area contributed by atoms with Crippen LogP contribution in [0.25, 0.3) is 0 Å². The SMILES string of the molecule is CCc1nnc(NC(C)CC)c(C(=O)O)c1CC. The van der Waals surface area contributed by atoms with E-state index in [9.17, 15) is 9.90 Å². The van der Waals surface area contributed by atoms with Gasteiger partial charge in [0, 0.05) is 6.04 Å². The number of rotatable bonds is 6. The maximum Gasteiger partial charge on any atom is 0.339 e. The second kappa shape index (κ2) is 6.33. The van der Waals surface area contributed by atoms with Gasteiger partial charge in [0.1, 0.15) is 5.56 Å². The standard InChI is InChI=1S/C13H21N3O2/c1-5-8(4)14-12-11(13(17)18)9(6-2)10(7-3)15-16-12/h8H,5-7H2,1-4H3,(H,14,16)(H,17,18). The molecule has 1 aromatic heterocycles. The molecule has 0 aliphatic carbocycles. The molecular formula is C13H21N3O2. The number of carboxylic acids is 1. The van der Waals surface area contributed by atoms with Gasteiger partial charge in [0.25, 0.3) is 0 Å². The number of nitrogens with one attached hydrogen (secondary N) is 1. The van der Waals surface area contributed by atoms with Gasteiger partial charge in [0.15, 0.2) is 5.82 Å². The Hall–Kier alpha value is -1.65. The van der Waals surface area contributed by atoms with Gasteiger partial charge in [-0.1, -0.05) is 20.8 Å². The van der Waals surface area contributed by atoms with Crippen LogP contribution >= 0.6 is 0 Å². The van der Waals surface area contributed by atoms with Crippen LogP contribution in [0.5, 0.6) is 0 Å². The minimum Gasteiger partial charge on any atom is -0.478 e. The summed E-state index contributed by atoms with van der Waals surface area (Å²) in [7, 11) is 0. The van der Waals surface area contributed by atoms with Gasteiger partial charge in [0.05, 0.1) is 5.69 Å². The quantitative estimate of drug-likeness (QED) is 0.812. The molecule has 5 heteroatoms. The zero-order valence-electron chi connectivity index (χ0n) is 11.4. The summed E-state index contributed by atoms with van der Waals surface area (Å²) in [5.74, 6) is -0.562. The lowest BCUT2D eigenvalue weighted by atomic mass is 10.0. The van der Waals surface area contributed by atoms with Crippen molar-refractivity contribution in [2.75, 3.05) is 5.32 Å². The van der Waals surface area contributed by atoms with Crippen molar-refractivity contribution < 1.29 is 9.90 Å². The van der Waals surface area contributed by atoms with Gasteiger partial charge in [-0.3, -0.25) is 0 Å². The van der Waals surface area contributed by atoms with Gasteiger partial charge >= 0.3 is 5.97 Å². The highest BCUT2D eigenvalue weighted by atomic mass is 16.4. The molecule has 1 atom stereocenters. The average molecular weight is 251 g/mol. The van der Waals surface area contributed by atoms with Crippen LogP contribution in [0.15, 0.2) is 0 Å². The van der Waals surface area contributed by atoms with Crippen LogP contribution in [0, 0.1) is 0 Å². The van der Waals surface area contributed by atoms with E-state index >= 15 is 0 Å². The molecule has 0 radical (unpaired) electrons. The summed E-state index contributed by atoms with van der Waals surface area (Å²) in [5, 5.41) is 20.6. The molecule has 0 fully saturated rings. The first-order chi connectivity index (χ1) is 8.54. The van der Waals surface area contributed by atoms with Gasteiger partial charge < -0.3 is 10.4 Å². The van der Waals surface area contributed by atoms with E-state index in [4.69, 9.17) is 0 Å². The predicted molar refractivity (Wildman–Crippen MR) is 71.1 cm³/mol. The van der Waals surface area contributed by atoms with E-state index in [2.05, 4.69) is 15.5 Å². The third kappa shape index (κ3) is 2.97. The van der Waals surface area contributed by atoms with Crippen molar-refractivity contribution in [2.24, 2.45) is 0 Å². The number of nitrogens with zero attached hydrogens (tertiary/aromatic N) is 2. The van der Waals surface area contributed by atoms with Crippen molar-refractivity contribution in [3.05, 3.63) is 16.8 Å². The van der Waals surface area contributed by atoms with Gasteiger partial charge in [-0.25, -0.2) is 4.79 Å². The minimum atomic E-state index is -0.942. The highest BCUT2D eigenvalue weighted by molar-refractivity contribution is 5.95. The van der Waals surface area contributed by atoms with E-state index in [0.29, 0.717) is 18.7 Å². The van der Waals surface area contributed by atoms with Crippen LogP contribution in [0.2, 0.25) is 0 Å². The van der Waals surface area contributed by atoms with Crippen LogP contribution < -0.4 is 5.32 Å². The second-order valence-corrected chi connectivity index (χ2v) is 4.31. The highest BCUT2D eigenvalue weighted by Crippen LogP contribution is 2.21. The van der Waals surface area contributed by atoms with Crippen LogP contribution in [-0.2, 0) is 12.8 Å². The summed E-state index contributed by atoms with van der Waals surface area (Å²) < 4.78 is 0. The first-order valence-corrected chi connectivity index (χ1v) is 6.43. The molecule has 2 N–H and O–H groups in total. The molecule has 18 heavy (non-hydrogen) atoms. The average Bonchev–Trinajstić information content (AvgIpc) is 2.37. The Morgan fingerprint density at radius 2 is 1.94 bits per heavy atom. The lowest BCUT2D eigenvalue weighted by Gasteiger charge is -2.16. The van der Waals surface area contributed by atoms with Crippen molar-refractivity contribution >= 4 is 11.8 Å². The molecule has 1 heterocycles. The molecule has 0 spiro atoms. The third-order valence-electron chi connectivity index (χ3n) is 3.06. The smallest absolute Gasteiger partial charge is 0.339 e. The molecule has 1 rings (SSSR count). The molecule has 0 saturated heterocycles. The molecule has 0 bridgehead atoms. The molecule has 0 aromatic carbocycles. The van der Waals surface area contributed by atoms with Crippen LogP contribution in [0.4, 0.5) is 5.82 Å². The highest BCUT2D eigenvalue weighted by Gasteiger charge is 2.20. The number of aromatic carboxylic acids is 1. The van der Waals surface area contributed by atoms with Crippen LogP contribution in [0.1, 0.15) is 55.7 Å². The Morgan fingerprint density at radius 3 is 2.39 bits per heavy atom.